The lowest BCUT2D eigenvalue weighted by atomic mass is 10.2. The fourth-order valence-corrected chi connectivity index (χ4v) is 3.15. The van der Waals surface area contributed by atoms with E-state index in [0.29, 0.717) is 19.7 Å². The molecule has 1 fully saturated rings. The predicted molar refractivity (Wildman–Crippen MR) is 83.4 cm³/mol. The fourth-order valence-electron chi connectivity index (χ4n) is 3.15. The Morgan fingerprint density at radius 2 is 2.22 bits per heavy atom. The van der Waals surface area contributed by atoms with Crippen LogP contribution in [0.25, 0.3) is 0 Å². The van der Waals surface area contributed by atoms with Crippen molar-refractivity contribution in [1.82, 2.24) is 19.4 Å². The van der Waals surface area contributed by atoms with Crippen LogP contribution in [0.2, 0.25) is 0 Å². The summed E-state index contributed by atoms with van der Waals surface area (Å²) in [4.78, 5) is 32.1. The molecule has 0 saturated carbocycles. The molecule has 0 bridgehead atoms. The zero-order valence-electron chi connectivity index (χ0n) is 13.8. The normalized spacial score (nSPS) is 21.0. The summed E-state index contributed by atoms with van der Waals surface area (Å²) in [6.07, 6.45) is 4.21. The van der Waals surface area contributed by atoms with Gasteiger partial charge in [0.15, 0.2) is 0 Å². The van der Waals surface area contributed by atoms with E-state index in [1.807, 2.05) is 11.2 Å². The standard InChI is InChI=1S/C16H24N4O3/c1-12(21)18(2)9-13-14-10-19(6-4-7-20(14)11-17-13)16(22)15-5-3-8-23-15/h11,15H,3-10H2,1-2H3/t15-/m0/s1. The van der Waals surface area contributed by atoms with Crippen LogP contribution in [0, 0.1) is 0 Å². The average molecular weight is 320 g/mol. The number of imidazole rings is 1. The number of amides is 2. The third-order valence-electron chi connectivity index (χ3n) is 4.64. The fraction of sp³-hybridized carbons (Fsp3) is 0.688. The van der Waals surface area contributed by atoms with Gasteiger partial charge in [-0.3, -0.25) is 9.59 Å². The van der Waals surface area contributed by atoms with Crippen molar-refractivity contribution in [1.29, 1.82) is 0 Å². The molecule has 1 aromatic rings. The Labute approximate surface area is 136 Å². The predicted octanol–water partition coefficient (Wildman–Crippen LogP) is 0.773. The van der Waals surface area contributed by atoms with Crippen LogP contribution in [0.1, 0.15) is 37.6 Å². The summed E-state index contributed by atoms with van der Waals surface area (Å²) < 4.78 is 7.64. The topological polar surface area (TPSA) is 67.7 Å². The van der Waals surface area contributed by atoms with Gasteiger partial charge < -0.3 is 19.1 Å². The second kappa shape index (κ2) is 6.70. The number of hydrogen-bond donors (Lipinski definition) is 0. The molecule has 7 heteroatoms. The Bertz CT molecular complexity index is 592. The Morgan fingerprint density at radius 1 is 1.39 bits per heavy atom. The van der Waals surface area contributed by atoms with Crippen LogP contribution in [0.15, 0.2) is 6.33 Å². The van der Waals surface area contributed by atoms with Gasteiger partial charge in [-0.2, -0.15) is 0 Å². The van der Waals surface area contributed by atoms with Crippen LogP contribution in [0.3, 0.4) is 0 Å². The van der Waals surface area contributed by atoms with Crippen LogP contribution in [0.5, 0.6) is 0 Å². The molecule has 7 nitrogen and oxygen atoms in total. The van der Waals surface area contributed by atoms with E-state index in [9.17, 15) is 9.59 Å². The number of ether oxygens (including phenoxy) is 1. The van der Waals surface area contributed by atoms with Crippen molar-refractivity contribution in [3.8, 4) is 0 Å². The van der Waals surface area contributed by atoms with E-state index in [4.69, 9.17) is 4.74 Å². The Morgan fingerprint density at radius 3 is 2.91 bits per heavy atom. The Hall–Kier alpha value is -1.89. The molecular weight excluding hydrogens is 296 g/mol. The van der Waals surface area contributed by atoms with Crippen LogP contribution in [-0.2, 0) is 34.0 Å². The third-order valence-corrected chi connectivity index (χ3v) is 4.64. The smallest absolute Gasteiger partial charge is 0.252 e. The van der Waals surface area contributed by atoms with E-state index in [0.717, 1.165) is 43.7 Å². The van der Waals surface area contributed by atoms with Gasteiger partial charge in [-0.1, -0.05) is 0 Å². The third kappa shape index (κ3) is 3.39. The van der Waals surface area contributed by atoms with Crippen molar-refractivity contribution in [3.63, 3.8) is 0 Å². The quantitative estimate of drug-likeness (QED) is 0.825. The molecular formula is C16H24N4O3. The molecule has 0 unspecified atom stereocenters. The number of nitrogens with zero attached hydrogens (tertiary/aromatic N) is 4. The molecule has 3 heterocycles. The summed E-state index contributed by atoms with van der Waals surface area (Å²) in [6, 6.07) is 0. The van der Waals surface area contributed by atoms with E-state index < -0.39 is 0 Å². The Kier molecular flexibility index (Phi) is 4.66. The number of carbonyl (C=O) groups excluding carboxylic acids is 2. The lowest BCUT2D eigenvalue weighted by Gasteiger charge is -2.24. The van der Waals surface area contributed by atoms with Gasteiger partial charge in [-0.25, -0.2) is 4.98 Å². The van der Waals surface area contributed by atoms with Gasteiger partial charge in [0.1, 0.15) is 6.10 Å². The minimum atomic E-state index is -0.284. The van der Waals surface area contributed by atoms with Gasteiger partial charge in [-0.15, -0.1) is 0 Å². The molecule has 0 spiro atoms. The molecule has 23 heavy (non-hydrogen) atoms. The summed E-state index contributed by atoms with van der Waals surface area (Å²) in [5, 5.41) is 0. The van der Waals surface area contributed by atoms with Gasteiger partial charge in [0.05, 0.1) is 30.8 Å². The number of aryl methyl sites for hydroxylation is 1. The minimum absolute atomic E-state index is 0.00709. The molecule has 2 amide bonds. The van der Waals surface area contributed by atoms with Gasteiger partial charge in [-0.05, 0) is 19.3 Å². The van der Waals surface area contributed by atoms with Gasteiger partial charge in [0, 0.05) is 33.7 Å². The number of rotatable bonds is 3. The molecule has 1 atom stereocenters. The summed E-state index contributed by atoms with van der Waals surface area (Å²) in [6.45, 7) is 4.82. The van der Waals surface area contributed by atoms with Crippen molar-refractivity contribution in [2.45, 2.75) is 51.9 Å². The molecule has 2 aliphatic heterocycles. The second-order valence-electron chi connectivity index (χ2n) is 6.32. The monoisotopic (exact) mass is 320 g/mol. The first-order valence-electron chi connectivity index (χ1n) is 8.21. The highest BCUT2D eigenvalue weighted by Crippen LogP contribution is 2.21. The lowest BCUT2D eigenvalue weighted by molar-refractivity contribution is -0.141. The molecule has 2 aliphatic rings. The first-order valence-corrected chi connectivity index (χ1v) is 8.21. The minimum Gasteiger partial charge on any atom is -0.368 e. The molecule has 0 N–H and O–H groups in total. The van der Waals surface area contributed by atoms with Gasteiger partial charge in [0.2, 0.25) is 5.91 Å². The van der Waals surface area contributed by atoms with E-state index in [-0.39, 0.29) is 17.9 Å². The molecule has 126 valence electrons. The van der Waals surface area contributed by atoms with Crippen molar-refractivity contribution >= 4 is 11.8 Å². The summed E-state index contributed by atoms with van der Waals surface area (Å²) in [5.41, 5.74) is 1.90. The average Bonchev–Trinajstić information content (AvgIpc) is 3.12. The van der Waals surface area contributed by atoms with Gasteiger partial charge in [0.25, 0.3) is 5.91 Å². The first kappa shape index (κ1) is 16.0. The van der Waals surface area contributed by atoms with E-state index in [2.05, 4.69) is 9.55 Å². The zero-order chi connectivity index (χ0) is 16.4. The summed E-state index contributed by atoms with van der Waals surface area (Å²) in [7, 11) is 1.76. The maximum atomic E-state index is 12.6. The molecule has 3 rings (SSSR count). The summed E-state index contributed by atoms with van der Waals surface area (Å²) in [5.74, 6) is 0.0932. The van der Waals surface area contributed by atoms with Gasteiger partial charge >= 0.3 is 0 Å². The zero-order valence-corrected chi connectivity index (χ0v) is 13.8. The maximum absolute atomic E-state index is 12.6. The van der Waals surface area contributed by atoms with Crippen molar-refractivity contribution < 1.29 is 14.3 Å². The molecule has 0 aliphatic carbocycles. The molecule has 0 radical (unpaired) electrons. The largest absolute Gasteiger partial charge is 0.368 e. The highest BCUT2D eigenvalue weighted by molar-refractivity contribution is 5.81. The lowest BCUT2D eigenvalue weighted by Crippen LogP contribution is -2.38. The Balaban J connectivity index is 1.76. The number of fused-ring (bicyclic) bond motifs is 1. The SMILES string of the molecule is CC(=O)N(C)Cc1ncn2c1CN(C(=O)[C@@H]1CCCO1)CCC2. The number of aromatic nitrogens is 2. The van der Waals surface area contributed by atoms with Crippen LogP contribution < -0.4 is 0 Å². The highest BCUT2D eigenvalue weighted by atomic mass is 16.5. The van der Waals surface area contributed by atoms with E-state index in [1.54, 1.807) is 18.9 Å². The number of carbonyl (C=O) groups is 2. The van der Waals surface area contributed by atoms with Crippen molar-refractivity contribution in [2.75, 3.05) is 20.2 Å². The van der Waals surface area contributed by atoms with Crippen LogP contribution in [-0.4, -0.2) is 57.5 Å². The summed E-state index contributed by atoms with van der Waals surface area (Å²) >= 11 is 0. The first-order chi connectivity index (χ1) is 11.1. The van der Waals surface area contributed by atoms with Crippen LogP contribution >= 0.6 is 0 Å². The van der Waals surface area contributed by atoms with E-state index in [1.165, 1.54) is 0 Å². The second-order valence-corrected chi connectivity index (χ2v) is 6.32. The molecule has 1 saturated heterocycles. The number of hydrogen-bond acceptors (Lipinski definition) is 4. The maximum Gasteiger partial charge on any atom is 0.252 e. The van der Waals surface area contributed by atoms with E-state index >= 15 is 0 Å². The van der Waals surface area contributed by atoms with Crippen LogP contribution in [0.4, 0.5) is 0 Å². The molecule has 1 aromatic heterocycles. The van der Waals surface area contributed by atoms with Crippen molar-refractivity contribution in [2.24, 2.45) is 0 Å². The highest BCUT2D eigenvalue weighted by Gasteiger charge is 2.30. The molecule has 0 aromatic carbocycles. The van der Waals surface area contributed by atoms with Crippen molar-refractivity contribution in [3.05, 3.63) is 17.7 Å².